The van der Waals surface area contributed by atoms with E-state index in [4.69, 9.17) is 0 Å². The highest BCUT2D eigenvalue weighted by Crippen LogP contribution is 2.53. The first kappa shape index (κ1) is 18.7. The van der Waals surface area contributed by atoms with Crippen LogP contribution < -0.4 is 0 Å². The largest absolute Gasteiger partial charge is 0.273 e. The van der Waals surface area contributed by atoms with Gasteiger partial charge in [0.15, 0.2) is 0 Å². The lowest BCUT2D eigenvalue weighted by Gasteiger charge is -2.38. The van der Waals surface area contributed by atoms with Crippen LogP contribution in [-0.2, 0) is 9.59 Å². The van der Waals surface area contributed by atoms with Gasteiger partial charge in [-0.1, -0.05) is 27.7 Å². The third-order valence-electron chi connectivity index (χ3n) is 4.51. The molecule has 2 aliphatic rings. The first-order valence-corrected chi connectivity index (χ1v) is 11.8. The minimum absolute atomic E-state index is 0.119. The molecule has 0 bridgehead atoms. The fourth-order valence-electron chi connectivity index (χ4n) is 2.85. The summed E-state index contributed by atoms with van der Waals surface area (Å²) >= 11 is 3.47. The predicted octanol–water partition coefficient (Wildman–Crippen LogP) is 4.38. The summed E-state index contributed by atoms with van der Waals surface area (Å²) in [5.74, 6) is 1.43. The Kier molecular flexibility index (Phi) is 6.36. The number of amides is 2. The normalized spacial score (nSPS) is 23.6. The van der Waals surface area contributed by atoms with Gasteiger partial charge >= 0.3 is 0 Å². The van der Waals surface area contributed by atoms with E-state index in [2.05, 4.69) is 27.7 Å². The van der Waals surface area contributed by atoms with E-state index in [9.17, 15) is 9.59 Å². The van der Waals surface area contributed by atoms with Crippen LogP contribution in [0.15, 0.2) is 0 Å². The van der Waals surface area contributed by atoms with E-state index in [0.29, 0.717) is 11.5 Å². The van der Waals surface area contributed by atoms with Crippen molar-refractivity contribution in [2.24, 2.45) is 0 Å². The molecule has 2 saturated heterocycles. The lowest BCUT2D eigenvalue weighted by atomic mass is 10.1. The molecule has 126 valence electrons. The van der Waals surface area contributed by atoms with Gasteiger partial charge in [-0.25, -0.2) is 0 Å². The Labute approximate surface area is 149 Å². The molecule has 2 rings (SSSR count). The monoisotopic (exact) mass is 380 g/mol. The molecule has 0 unspecified atom stereocenters. The fourth-order valence-corrected chi connectivity index (χ4v) is 9.10. The highest BCUT2D eigenvalue weighted by Gasteiger charge is 2.48. The van der Waals surface area contributed by atoms with Gasteiger partial charge in [-0.3, -0.25) is 18.2 Å². The molecule has 0 atom stereocenters. The van der Waals surface area contributed by atoms with Gasteiger partial charge in [0.25, 0.3) is 0 Å². The van der Waals surface area contributed by atoms with Crippen LogP contribution >= 0.6 is 45.5 Å². The zero-order valence-corrected chi connectivity index (χ0v) is 16.9. The van der Waals surface area contributed by atoms with Crippen molar-refractivity contribution in [3.63, 3.8) is 0 Å². The third-order valence-corrected chi connectivity index (χ3v) is 10.7. The van der Waals surface area contributed by atoms with Crippen LogP contribution in [0.3, 0.4) is 0 Å². The molecular formula is C14H24N2O2S4. The summed E-state index contributed by atoms with van der Waals surface area (Å²) in [5, 5.41) is 0. The average Bonchev–Trinajstić information content (AvgIpc) is 3.04. The van der Waals surface area contributed by atoms with Crippen molar-refractivity contribution in [1.82, 2.24) is 8.61 Å². The molecule has 4 nitrogen and oxygen atoms in total. The van der Waals surface area contributed by atoms with Crippen molar-refractivity contribution < 1.29 is 9.59 Å². The van der Waals surface area contributed by atoms with Gasteiger partial charge in [0.05, 0.1) is 11.5 Å². The van der Waals surface area contributed by atoms with Crippen molar-refractivity contribution in [3.05, 3.63) is 0 Å². The third kappa shape index (κ3) is 3.13. The Morgan fingerprint density at radius 3 is 1.41 bits per heavy atom. The summed E-state index contributed by atoms with van der Waals surface area (Å²) in [6.07, 6.45) is 3.73. The van der Waals surface area contributed by atoms with Crippen LogP contribution in [0.5, 0.6) is 0 Å². The summed E-state index contributed by atoms with van der Waals surface area (Å²) in [7, 11) is 2.91. The standard InChI is InChI=1S/C14H24N2O2S4/c1-5-13(6-2)15(11(17)9-19-13)21-22-16-12(18)10-20-14(16,7-3)8-4/h5-10H2,1-4H3. The van der Waals surface area contributed by atoms with E-state index in [1.807, 2.05) is 8.61 Å². The maximum Gasteiger partial charge on any atom is 0.244 e. The van der Waals surface area contributed by atoms with Crippen molar-refractivity contribution in [3.8, 4) is 0 Å². The Hall–Kier alpha value is 0.340. The van der Waals surface area contributed by atoms with E-state index in [-0.39, 0.29) is 21.6 Å². The predicted molar refractivity (Wildman–Crippen MR) is 100 cm³/mol. The molecule has 2 aliphatic heterocycles. The SMILES string of the molecule is CCC1(CC)SCC(=O)N1SSN1C(=O)CSC1(CC)CC. The van der Waals surface area contributed by atoms with E-state index in [1.165, 1.54) is 22.0 Å². The molecule has 2 fully saturated rings. The Bertz CT molecular complexity index is 399. The van der Waals surface area contributed by atoms with Gasteiger partial charge in [-0.15, -0.1) is 23.5 Å². The minimum atomic E-state index is -0.119. The molecule has 0 aromatic carbocycles. The quantitative estimate of drug-likeness (QED) is 0.482. The molecule has 0 N–H and O–H groups in total. The van der Waals surface area contributed by atoms with Gasteiger partial charge in [0.1, 0.15) is 9.74 Å². The molecular weight excluding hydrogens is 356 g/mol. The molecule has 2 heterocycles. The summed E-state index contributed by atoms with van der Waals surface area (Å²) < 4.78 is 3.82. The average molecular weight is 381 g/mol. The van der Waals surface area contributed by atoms with Crippen LogP contribution in [0.25, 0.3) is 0 Å². The molecule has 0 aromatic heterocycles. The minimum Gasteiger partial charge on any atom is -0.273 e. The smallest absolute Gasteiger partial charge is 0.244 e. The number of carbonyl (C=O) groups is 2. The maximum atomic E-state index is 12.3. The summed E-state index contributed by atoms with van der Waals surface area (Å²) in [4.78, 5) is 24.3. The molecule has 22 heavy (non-hydrogen) atoms. The summed E-state index contributed by atoms with van der Waals surface area (Å²) in [6, 6.07) is 0. The number of nitrogens with zero attached hydrogens (tertiary/aromatic N) is 2. The van der Waals surface area contributed by atoms with Gasteiger partial charge < -0.3 is 0 Å². The van der Waals surface area contributed by atoms with Crippen molar-refractivity contribution in [1.29, 1.82) is 0 Å². The number of thioether (sulfide) groups is 2. The van der Waals surface area contributed by atoms with Crippen molar-refractivity contribution in [2.45, 2.75) is 63.1 Å². The Balaban J connectivity index is 2.10. The first-order valence-electron chi connectivity index (χ1n) is 7.77. The van der Waals surface area contributed by atoms with Gasteiger partial charge in [0.2, 0.25) is 11.8 Å². The van der Waals surface area contributed by atoms with E-state index in [1.54, 1.807) is 23.5 Å². The van der Waals surface area contributed by atoms with Crippen LogP contribution in [0, 0.1) is 0 Å². The summed E-state index contributed by atoms with van der Waals surface area (Å²) in [5.41, 5.74) is 0. The number of rotatable bonds is 7. The Morgan fingerprint density at radius 2 is 1.14 bits per heavy atom. The highest BCUT2D eigenvalue weighted by molar-refractivity contribution is 8.75. The fraction of sp³-hybridized carbons (Fsp3) is 0.857. The van der Waals surface area contributed by atoms with E-state index < -0.39 is 0 Å². The second kappa shape index (κ2) is 7.49. The zero-order valence-electron chi connectivity index (χ0n) is 13.6. The van der Waals surface area contributed by atoms with Gasteiger partial charge in [-0.05, 0) is 25.7 Å². The number of hydrogen-bond donors (Lipinski definition) is 0. The number of hydrogen-bond acceptors (Lipinski definition) is 6. The summed E-state index contributed by atoms with van der Waals surface area (Å²) in [6.45, 7) is 8.53. The molecule has 2 amide bonds. The first-order chi connectivity index (χ1) is 10.5. The molecule has 0 radical (unpaired) electrons. The molecule has 0 aromatic rings. The van der Waals surface area contributed by atoms with Crippen LogP contribution in [0.4, 0.5) is 0 Å². The van der Waals surface area contributed by atoms with Gasteiger partial charge in [0, 0.05) is 22.0 Å². The van der Waals surface area contributed by atoms with Gasteiger partial charge in [-0.2, -0.15) is 0 Å². The molecule has 0 spiro atoms. The van der Waals surface area contributed by atoms with E-state index in [0.717, 1.165) is 25.7 Å². The van der Waals surface area contributed by atoms with Crippen molar-refractivity contribution in [2.75, 3.05) is 11.5 Å². The molecule has 0 aliphatic carbocycles. The Morgan fingerprint density at radius 1 is 0.818 bits per heavy atom. The van der Waals surface area contributed by atoms with Crippen LogP contribution in [-0.4, -0.2) is 41.7 Å². The topological polar surface area (TPSA) is 40.6 Å². The lowest BCUT2D eigenvalue weighted by Crippen LogP contribution is -2.41. The second-order valence-corrected chi connectivity index (χ2v) is 10.0. The molecule has 8 heteroatoms. The van der Waals surface area contributed by atoms with Crippen LogP contribution in [0.2, 0.25) is 0 Å². The van der Waals surface area contributed by atoms with Crippen LogP contribution in [0.1, 0.15) is 53.4 Å². The maximum absolute atomic E-state index is 12.3. The van der Waals surface area contributed by atoms with E-state index >= 15 is 0 Å². The number of carbonyl (C=O) groups excluding carboxylic acids is 2. The molecule has 0 saturated carbocycles. The second-order valence-electron chi connectivity index (χ2n) is 5.41. The highest BCUT2D eigenvalue weighted by atomic mass is 33.1. The van der Waals surface area contributed by atoms with Crippen molar-refractivity contribution >= 4 is 57.3 Å². The lowest BCUT2D eigenvalue weighted by molar-refractivity contribution is -0.125. The zero-order chi connectivity index (χ0) is 16.4.